The lowest BCUT2D eigenvalue weighted by Gasteiger charge is -2.18. The minimum atomic E-state index is 0.254. The Balaban J connectivity index is 1.63. The fraction of sp³-hybridized carbons (Fsp3) is 0.533. The van der Waals surface area contributed by atoms with Crippen LogP contribution in [0.4, 0.5) is 11.4 Å². The van der Waals surface area contributed by atoms with Gasteiger partial charge in [0.1, 0.15) is 0 Å². The average Bonchev–Trinajstić information content (AvgIpc) is 3.08. The molecule has 1 aromatic rings. The summed E-state index contributed by atoms with van der Waals surface area (Å²) in [6.45, 7) is 1.91. The van der Waals surface area contributed by atoms with Crippen molar-refractivity contribution in [3.05, 3.63) is 24.3 Å². The van der Waals surface area contributed by atoms with Crippen molar-refractivity contribution in [2.45, 2.75) is 19.3 Å². The molecule has 3 rings (SSSR count). The summed E-state index contributed by atoms with van der Waals surface area (Å²) in [6, 6.07) is 8.25. The first-order valence-corrected chi connectivity index (χ1v) is 8.20. The Morgan fingerprint density at radius 3 is 3.11 bits per heavy atom. The van der Waals surface area contributed by atoms with Gasteiger partial charge in [-0.2, -0.15) is 11.8 Å². The van der Waals surface area contributed by atoms with Crippen molar-refractivity contribution in [3.63, 3.8) is 0 Å². The van der Waals surface area contributed by atoms with Gasteiger partial charge >= 0.3 is 0 Å². The highest BCUT2D eigenvalue weighted by atomic mass is 32.2. The van der Waals surface area contributed by atoms with Crippen LogP contribution < -0.4 is 10.2 Å². The Morgan fingerprint density at radius 2 is 2.37 bits per heavy atom. The smallest absolute Gasteiger partial charge is 0.227 e. The molecule has 3 nitrogen and oxygen atoms in total. The Labute approximate surface area is 118 Å². The van der Waals surface area contributed by atoms with E-state index >= 15 is 0 Å². The number of carbonyl (C=O) groups is 1. The van der Waals surface area contributed by atoms with E-state index in [1.54, 1.807) is 0 Å². The molecule has 1 amide bonds. The van der Waals surface area contributed by atoms with Crippen molar-refractivity contribution in [2.24, 2.45) is 5.92 Å². The highest BCUT2D eigenvalue weighted by Crippen LogP contribution is 2.26. The van der Waals surface area contributed by atoms with Crippen molar-refractivity contribution < 1.29 is 4.79 Å². The Hall–Kier alpha value is -1.16. The number of amides is 1. The Morgan fingerprint density at radius 1 is 1.42 bits per heavy atom. The maximum absolute atomic E-state index is 11.8. The van der Waals surface area contributed by atoms with Crippen molar-refractivity contribution >= 4 is 29.0 Å². The van der Waals surface area contributed by atoms with Gasteiger partial charge in [-0.25, -0.2) is 0 Å². The number of nitrogens with zero attached hydrogens (tertiary/aromatic N) is 1. The molecular formula is C15H20N2OS. The molecule has 0 bridgehead atoms. The summed E-state index contributed by atoms with van der Waals surface area (Å²) in [5.74, 6) is 3.62. The zero-order valence-electron chi connectivity index (χ0n) is 11.1. The molecule has 0 spiro atoms. The third-order valence-corrected chi connectivity index (χ3v) is 5.08. The molecule has 2 heterocycles. The maximum Gasteiger partial charge on any atom is 0.227 e. The van der Waals surface area contributed by atoms with Crippen LogP contribution in [0, 0.1) is 5.92 Å². The molecule has 2 fully saturated rings. The van der Waals surface area contributed by atoms with E-state index in [2.05, 4.69) is 17.4 Å². The summed E-state index contributed by atoms with van der Waals surface area (Å²) in [5, 5.41) is 3.51. The third kappa shape index (κ3) is 3.06. The van der Waals surface area contributed by atoms with Gasteiger partial charge in [0.2, 0.25) is 5.91 Å². The molecular weight excluding hydrogens is 256 g/mol. The maximum atomic E-state index is 11.8. The summed E-state index contributed by atoms with van der Waals surface area (Å²) in [4.78, 5) is 13.7. The van der Waals surface area contributed by atoms with Crippen LogP contribution >= 0.6 is 11.8 Å². The summed E-state index contributed by atoms with van der Waals surface area (Å²) < 4.78 is 0. The van der Waals surface area contributed by atoms with Gasteiger partial charge in [0, 0.05) is 30.9 Å². The van der Waals surface area contributed by atoms with E-state index in [9.17, 15) is 4.79 Å². The van der Waals surface area contributed by atoms with Crippen LogP contribution in [0.2, 0.25) is 0 Å². The van der Waals surface area contributed by atoms with Gasteiger partial charge in [0.25, 0.3) is 0 Å². The molecule has 4 heteroatoms. The number of nitrogens with one attached hydrogen (secondary N) is 1. The van der Waals surface area contributed by atoms with Crippen LogP contribution in [0.1, 0.15) is 19.3 Å². The zero-order valence-corrected chi connectivity index (χ0v) is 11.9. The fourth-order valence-corrected chi connectivity index (χ4v) is 4.00. The highest BCUT2D eigenvalue weighted by molar-refractivity contribution is 7.99. The van der Waals surface area contributed by atoms with Crippen molar-refractivity contribution in [3.8, 4) is 0 Å². The second kappa shape index (κ2) is 5.87. The highest BCUT2D eigenvalue weighted by Gasteiger charge is 2.21. The van der Waals surface area contributed by atoms with Crippen LogP contribution in [-0.4, -0.2) is 30.5 Å². The molecule has 0 aliphatic carbocycles. The quantitative estimate of drug-likeness (QED) is 0.917. The number of rotatable bonds is 4. The minimum absolute atomic E-state index is 0.254. The lowest BCUT2D eigenvalue weighted by Crippen LogP contribution is -2.23. The van der Waals surface area contributed by atoms with E-state index in [-0.39, 0.29) is 5.91 Å². The van der Waals surface area contributed by atoms with Gasteiger partial charge in [0.15, 0.2) is 0 Å². The van der Waals surface area contributed by atoms with E-state index in [0.717, 1.165) is 36.8 Å². The molecule has 1 unspecified atom stereocenters. The molecule has 0 aromatic heterocycles. The van der Waals surface area contributed by atoms with Crippen LogP contribution in [0.3, 0.4) is 0 Å². The molecule has 2 aliphatic rings. The van der Waals surface area contributed by atoms with Gasteiger partial charge in [0.05, 0.1) is 0 Å². The van der Waals surface area contributed by atoms with Crippen molar-refractivity contribution in [2.75, 3.05) is 34.8 Å². The molecule has 1 aromatic carbocycles. The predicted molar refractivity (Wildman–Crippen MR) is 82.0 cm³/mol. The number of hydrogen-bond donors (Lipinski definition) is 1. The standard InChI is InChI=1S/C15H20N2OS/c18-15-5-2-7-17(15)14-4-1-3-13(9-14)16-10-12-6-8-19-11-12/h1,3-4,9,12,16H,2,5-8,10-11H2. The van der Waals surface area contributed by atoms with Crippen LogP contribution in [0.25, 0.3) is 0 Å². The van der Waals surface area contributed by atoms with E-state index in [1.807, 2.05) is 28.8 Å². The first-order chi connectivity index (χ1) is 9.33. The molecule has 0 saturated carbocycles. The number of benzene rings is 1. The van der Waals surface area contributed by atoms with Crippen molar-refractivity contribution in [1.82, 2.24) is 0 Å². The second-order valence-electron chi connectivity index (χ2n) is 5.31. The van der Waals surface area contributed by atoms with Crippen LogP contribution in [0.15, 0.2) is 24.3 Å². The number of carbonyl (C=O) groups excluding carboxylic acids is 1. The molecule has 19 heavy (non-hydrogen) atoms. The van der Waals surface area contributed by atoms with E-state index in [1.165, 1.54) is 17.9 Å². The molecule has 2 aliphatic heterocycles. The Kier molecular flexibility index (Phi) is 3.97. The molecule has 0 radical (unpaired) electrons. The molecule has 2 saturated heterocycles. The summed E-state index contributed by atoms with van der Waals surface area (Å²) in [7, 11) is 0. The molecule has 102 valence electrons. The first kappa shape index (κ1) is 12.9. The van der Waals surface area contributed by atoms with Crippen molar-refractivity contribution in [1.29, 1.82) is 0 Å². The van der Waals surface area contributed by atoms with Gasteiger partial charge in [-0.15, -0.1) is 0 Å². The second-order valence-corrected chi connectivity index (χ2v) is 6.46. The molecule has 1 atom stereocenters. The lowest BCUT2D eigenvalue weighted by atomic mass is 10.1. The monoisotopic (exact) mass is 276 g/mol. The van der Waals surface area contributed by atoms with Crippen LogP contribution in [0.5, 0.6) is 0 Å². The normalized spacial score (nSPS) is 23.1. The van der Waals surface area contributed by atoms with Gasteiger partial charge < -0.3 is 10.2 Å². The van der Waals surface area contributed by atoms with Gasteiger partial charge in [-0.3, -0.25) is 4.79 Å². The third-order valence-electron chi connectivity index (χ3n) is 3.85. The summed E-state index contributed by atoms with van der Waals surface area (Å²) >= 11 is 2.05. The average molecular weight is 276 g/mol. The molecule has 1 N–H and O–H groups in total. The van der Waals surface area contributed by atoms with E-state index in [4.69, 9.17) is 0 Å². The lowest BCUT2D eigenvalue weighted by molar-refractivity contribution is -0.117. The van der Waals surface area contributed by atoms with Gasteiger partial charge in [-0.1, -0.05) is 6.07 Å². The zero-order chi connectivity index (χ0) is 13.1. The van der Waals surface area contributed by atoms with Gasteiger partial charge in [-0.05, 0) is 48.5 Å². The van der Waals surface area contributed by atoms with E-state index in [0.29, 0.717) is 6.42 Å². The first-order valence-electron chi connectivity index (χ1n) is 7.05. The number of hydrogen-bond acceptors (Lipinski definition) is 3. The summed E-state index contributed by atoms with van der Waals surface area (Å²) in [6.07, 6.45) is 2.99. The largest absolute Gasteiger partial charge is 0.385 e. The number of thioether (sulfide) groups is 1. The Bertz CT molecular complexity index is 457. The van der Waals surface area contributed by atoms with E-state index < -0.39 is 0 Å². The summed E-state index contributed by atoms with van der Waals surface area (Å²) in [5.41, 5.74) is 2.17. The minimum Gasteiger partial charge on any atom is -0.385 e. The SMILES string of the molecule is O=C1CCCN1c1cccc(NCC2CCSC2)c1. The van der Waals surface area contributed by atoms with Crippen LogP contribution in [-0.2, 0) is 4.79 Å². The fourth-order valence-electron chi connectivity index (χ4n) is 2.71. The topological polar surface area (TPSA) is 32.3 Å². The predicted octanol–water partition coefficient (Wildman–Crippen LogP) is 2.98. The number of anilines is 2.